The standard InChI is InChI=1S/C21H28N2O3S/c1-16(2)23(15-17-9-7-6-8-10-17)27(25,26)19-13-11-18(12-14-19)20(24)22-21(3,4)5/h6-14,16H,15H2,1-5H3,(H,22,24). The Morgan fingerprint density at radius 1 is 1.00 bits per heavy atom. The average Bonchev–Trinajstić information content (AvgIpc) is 2.59. The smallest absolute Gasteiger partial charge is 0.251 e. The van der Waals surface area contributed by atoms with Crippen molar-refractivity contribution in [2.45, 2.75) is 57.6 Å². The molecule has 0 unspecified atom stereocenters. The van der Waals surface area contributed by atoms with Gasteiger partial charge in [0.2, 0.25) is 10.0 Å². The Labute approximate surface area is 162 Å². The lowest BCUT2D eigenvalue weighted by molar-refractivity contribution is 0.0919. The zero-order chi connectivity index (χ0) is 20.2. The number of carbonyl (C=O) groups excluding carboxylic acids is 1. The highest BCUT2D eigenvalue weighted by Crippen LogP contribution is 2.21. The summed E-state index contributed by atoms with van der Waals surface area (Å²) in [4.78, 5) is 12.4. The molecule has 27 heavy (non-hydrogen) atoms. The van der Waals surface area contributed by atoms with E-state index in [0.29, 0.717) is 12.1 Å². The van der Waals surface area contributed by atoms with E-state index in [2.05, 4.69) is 5.32 Å². The minimum atomic E-state index is -3.67. The molecule has 0 atom stereocenters. The Hall–Kier alpha value is -2.18. The van der Waals surface area contributed by atoms with Crippen LogP contribution in [-0.2, 0) is 16.6 Å². The van der Waals surface area contributed by atoms with E-state index in [4.69, 9.17) is 0 Å². The van der Waals surface area contributed by atoms with Gasteiger partial charge in [-0.25, -0.2) is 8.42 Å². The van der Waals surface area contributed by atoms with Crippen molar-refractivity contribution in [3.05, 3.63) is 65.7 Å². The molecule has 0 aliphatic rings. The maximum Gasteiger partial charge on any atom is 0.251 e. The highest BCUT2D eigenvalue weighted by atomic mass is 32.2. The second-order valence-electron chi connectivity index (χ2n) is 7.86. The predicted molar refractivity (Wildman–Crippen MR) is 108 cm³/mol. The zero-order valence-corrected chi connectivity index (χ0v) is 17.4. The topological polar surface area (TPSA) is 66.5 Å². The van der Waals surface area contributed by atoms with Crippen LogP contribution in [0.2, 0.25) is 0 Å². The van der Waals surface area contributed by atoms with Crippen molar-refractivity contribution in [3.63, 3.8) is 0 Å². The molecule has 0 bridgehead atoms. The van der Waals surface area contributed by atoms with Crippen LogP contribution in [0, 0.1) is 0 Å². The SMILES string of the molecule is CC(C)N(Cc1ccccc1)S(=O)(=O)c1ccc(C(=O)NC(C)(C)C)cc1. The minimum Gasteiger partial charge on any atom is -0.347 e. The first-order chi connectivity index (χ1) is 12.5. The number of nitrogens with one attached hydrogen (secondary N) is 1. The van der Waals surface area contributed by atoms with Gasteiger partial charge in [0.1, 0.15) is 0 Å². The summed E-state index contributed by atoms with van der Waals surface area (Å²) in [5, 5.41) is 2.87. The molecule has 1 N–H and O–H groups in total. The van der Waals surface area contributed by atoms with E-state index < -0.39 is 10.0 Å². The van der Waals surface area contributed by atoms with E-state index in [1.54, 1.807) is 12.1 Å². The van der Waals surface area contributed by atoms with Crippen molar-refractivity contribution in [2.75, 3.05) is 0 Å². The molecular formula is C21H28N2O3S. The number of amides is 1. The van der Waals surface area contributed by atoms with Gasteiger partial charge >= 0.3 is 0 Å². The Morgan fingerprint density at radius 3 is 2.04 bits per heavy atom. The third kappa shape index (κ3) is 5.65. The van der Waals surface area contributed by atoms with Gasteiger partial charge in [0.15, 0.2) is 0 Å². The molecule has 0 radical (unpaired) electrons. The highest BCUT2D eigenvalue weighted by molar-refractivity contribution is 7.89. The lowest BCUT2D eigenvalue weighted by atomic mass is 10.1. The summed E-state index contributed by atoms with van der Waals surface area (Å²) in [6.45, 7) is 9.69. The van der Waals surface area contributed by atoms with E-state index in [-0.39, 0.29) is 22.4 Å². The van der Waals surface area contributed by atoms with Crippen LogP contribution in [0.1, 0.15) is 50.5 Å². The van der Waals surface area contributed by atoms with E-state index in [9.17, 15) is 13.2 Å². The fourth-order valence-corrected chi connectivity index (χ4v) is 4.26. The van der Waals surface area contributed by atoms with Gasteiger partial charge in [-0.1, -0.05) is 30.3 Å². The number of nitrogens with zero attached hydrogens (tertiary/aromatic N) is 1. The van der Waals surface area contributed by atoms with Crippen molar-refractivity contribution < 1.29 is 13.2 Å². The first-order valence-electron chi connectivity index (χ1n) is 8.99. The molecule has 0 fully saturated rings. The van der Waals surface area contributed by atoms with E-state index in [0.717, 1.165) is 5.56 Å². The molecule has 2 aromatic rings. The number of hydrogen-bond acceptors (Lipinski definition) is 3. The highest BCUT2D eigenvalue weighted by Gasteiger charge is 2.27. The number of sulfonamides is 1. The largest absolute Gasteiger partial charge is 0.347 e. The summed E-state index contributed by atoms with van der Waals surface area (Å²) in [6, 6.07) is 15.4. The van der Waals surface area contributed by atoms with Gasteiger partial charge in [-0.2, -0.15) is 4.31 Å². The quantitative estimate of drug-likeness (QED) is 0.818. The molecule has 6 heteroatoms. The molecule has 0 saturated carbocycles. The van der Waals surface area contributed by atoms with Crippen LogP contribution in [0.15, 0.2) is 59.5 Å². The van der Waals surface area contributed by atoms with Crippen LogP contribution in [0.3, 0.4) is 0 Å². The van der Waals surface area contributed by atoms with Gasteiger partial charge in [0, 0.05) is 23.7 Å². The van der Waals surface area contributed by atoms with E-state index in [1.807, 2.05) is 65.0 Å². The molecule has 5 nitrogen and oxygen atoms in total. The molecule has 0 saturated heterocycles. The molecule has 1 amide bonds. The van der Waals surface area contributed by atoms with Gasteiger partial charge < -0.3 is 5.32 Å². The van der Waals surface area contributed by atoms with E-state index >= 15 is 0 Å². The number of hydrogen-bond donors (Lipinski definition) is 1. The summed E-state index contributed by atoms with van der Waals surface area (Å²) in [6.07, 6.45) is 0. The van der Waals surface area contributed by atoms with Crippen molar-refractivity contribution in [1.82, 2.24) is 9.62 Å². The summed E-state index contributed by atoms with van der Waals surface area (Å²) in [7, 11) is -3.67. The second-order valence-corrected chi connectivity index (χ2v) is 9.75. The maximum atomic E-state index is 13.1. The number of benzene rings is 2. The number of rotatable bonds is 6. The molecule has 2 aromatic carbocycles. The summed E-state index contributed by atoms with van der Waals surface area (Å²) < 4.78 is 27.7. The predicted octanol–water partition coefficient (Wildman–Crippen LogP) is 3.81. The molecule has 146 valence electrons. The molecule has 0 spiro atoms. The van der Waals surface area contributed by atoms with E-state index in [1.165, 1.54) is 16.4 Å². The monoisotopic (exact) mass is 388 g/mol. The number of carbonyl (C=O) groups is 1. The van der Waals surface area contributed by atoms with Crippen LogP contribution < -0.4 is 5.32 Å². The summed E-state index contributed by atoms with van der Waals surface area (Å²) in [5.74, 6) is -0.226. The fourth-order valence-electron chi connectivity index (χ4n) is 2.63. The van der Waals surface area contributed by atoms with Gasteiger partial charge in [-0.3, -0.25) is 4.79 Å². The first kappa shape index (κ1) is 21.1. The van der Waals surface area contributed by atoms with Crippen LogP contribution in [0.5, 0.6) is 0 Å². The van der Waals surface area contributed by atoms with Crippen molar-refractivity contribution in [2.24, 2.45) is 0 Å². The molecule has 2 rings (SSSR count). The Kier molecular flexibility index (Phi) is 6.44. The first-order valence-corrected chi connectivity index (χ1v) is 10.4. The van der Waals surface area contributed by atoms with Crippen LogP contribution in [0.25, 0.3) is 0 Å². The summed E-state index contributed by atoms with van der Waals surface area (Å²) in [5.41, 5.74) is 1.00. The minimum absolute atomic E-state index is 0.180. The Morgan fingerprint density at radius 2 is 1.56 bits per heavy atom. The molecule has 0 aliphatic heterocycles. The molecular weight excluding hydrogens is 360 g/mol. The van der Waals surface area contributed by atoms with Crippen molar-refractivity contribution in [3.8, 4) is 0 Å². The Bertz CT molecular complexity index is 868. The molecule has 0 aliphatic carbocycles. The van der Waals surface area contributed by atoms with Crippen LogP contribution in [-0.4, -0.2) is 30.2 Å². The van der Waals surface area contributed by atoms with Gasteiger partial charge in [-0.15, -0.1) is 0 Å². The molecule has 0 heterocycles. The van der Waals surface area contributed by atoms with Crippen molar-refractivity contribution >= 4 is 15.9 Å². The average molecular weight is 389 g/mol. The lowest BCUT2D eigenvalue weighted by Crippen LogP contribution is -2.40. The van der Waals surface area contributed by atoms with Gasteiger partial charge in [0.05, 0.1) is 4.90 Å². The fraction of sp³-hybridized carbons (Fsp3) is 0.381. The molecule has 0 aromatic heterocycles. The second kappa shape index (κ2) is 8.23. The zero-order valence-electron chi connectivity index (χ0n) is 16.6. The van der Waals surface area contributed by atoms with Crippen LogP contribution >= 0.6 is 0 Å². The van der Waals surface area contributed by atoms with Gasteiger partial charge in [-0.05, 0) is 64.4 Å². The normalized spacial score (nSPS) is 12.4. The summed E-state index contributed by atoms with van der Waals surface area (Å²) >= 11 is 0. The lowest BCUT2D eigenvalue weighted by Gasteiger charge is -2.26. The third-order valence-corrected chi connectivity index (χ3v) is 6.00. The van der Waals surface area contributed by atoms with Gasteiger partial charge in [0.25, 0.3) is 5.91 Å². The van der Waals surface area contributed by atoms with Crippen molar-refractivity contribution in [1.29, 1.82) is 0 Å². The maximum absolute atomic E-state index is 13.1. The third-order valence-electron chi connectivity index (χ3n) is 3.97. The van der Waals surface area contributed by atoms with Crippen LogP contribution in [0.4, 0.5) is 0 Å². The Balaban J connectivity index is 2.27.